The van der Waals surface area contributed by atoms with Crippen molar-refractivity contribution in [3.05, 3.63) is 23.5 Å². The first-order valence-corrected chi connectivity index (χ1v) is 7.17. The quantitative estimate of drug-likeness (QED) is 0.834. The van der Waals surface area contributed by atoms with E-state index in [9.17, 15) is 4.79 Å². The van der Waals surface area contributed by atoms with Gasteiger partial charge < -0.3 is 15.2 Å². The molecule has 112 valence electrons. The van der Waals surface area contributed by atoms with E-state index in [-0.39, 0.29) is 5.91 Å². The molecule has 2 N–H and O–H groups in total. The number of amides is 1. The fourth-order valence-electron chi connectivity index (χ4n) is 2.43. The highest BCUT2D eigenvalue weighted by molar-refractivity contribution is 5.96. The molecule has 0 spiro atoms. The lowest BCUT2D eigenvalue weighted by Gasteiger charge is -2.27. The number of carbonyl (C=O) groups is 1. The van der Waals surface area contributed by atoms with E-state index >= 15 is 0 Å². The van der Waals surface area contributed by atoms with Crippen molar-refractivity contribution in [2.75, 3.05) is 39.3 Å². The van der Waals surface area contributed by atoms with Crippen LogP contribution in [0.4, 0.5) is 0 Å². The molecule has 7 heteroatoms. The van der Waals surface area contributed by atoms with Crippen molar-refractivity contribution in [2.24, 2.45) is 0 Å². The zero-order valence-electron chi connectivity index (χ0n) is 12.1. The van der Waals surface area contributed by atoms with Crippen molar-refractivity contribution in [3.63, 3.8) is 0 Å². The van der Waals surface area contributed by atoms with Gasteiger partial charge in [-0.1, -0.05) is 5.16 Å². The Morgan fingerprint density at radius 3 is 3.10 bits per heavy atom. The van der Waals surface area contributed by atoms with E-state index in [1.165, 1.54) is 6.20 Å². The lowest BCUT2D eigenvalue weighted by atomic mass is 10.2. The minimum atomic E-state index is -0.111. The van der Waals surface area contributed by atoms with Crippen molar-refractivity contribution in [1.82, 2.24) is 25.7 Å². The molecular weight excluding hydrogens is 270 g/mol. The third-order valence-corrected chi connectivity index (χ3v) is 3.70. The van der Waals surface area contributed by atoms with Gasteiger partial charge in [0.2, 0.25) is 0 Å². The number of pyridine rings is 1. The maximum absolute atomic E-state index is 12.1. The van der Waals surface area contributed by atoms with Crippen LogP contribution >= 0.6 is 0 Å². The Morgan fingerprint density at radius 2 is 2.29 bits per heavy atom. The van der Waals surface area contributed by atoms with Gasteiger partial charge in [-0.3, -0.25) is 9.69 Å². The number of aryl methyl sites for hydroxylation is 1. The number of nitrogens with one attached hydrogen (secondary N) is 2. The van der Waals surface area contributed by atoms with Gasteiger partial charge in [0.1, 0.15) is 0 Å². The van der Waals surface area contributed by atoms with E-state index in [1.807, 2.05) is 6.92 Å². The summed E-state index contributed by atoms with van der Waals surface area (Å²) in [6.07, 6.45) is 1.52. The molecule has 7 nitrogen and oxygen atoms in total. The average Bonchev–Trinajstić information content (AvgIpc) is 2.89. The van der Waals surface area contributed by atoms with E-state index < -0.39 is 0 Å². The number of fused-ring (bicyclic) bond motifs is 1. The van der Waals surface area contributed by atoms with E-state index in [0.29, 0.717) is 17.8 Å². The molecule has 1 amide bonds. The zero-order chi connectivity index (χ0) is 14.7. The average molecular weight is 289 g/mol. The molecule has 2 aromatic rings. The monoisotopic (exact) mass is 289 g/mol. The molecule has 1 fully saturated rings. The van der Waals surface area contributed by atoms with E-state index in [0.717, 1.165) is 43.8 Å². The summed E-state index contributed by atoms with van der Waals surface area (Å²) in [5.74, 6) is -0.111. The summed E-state index contributed by atoms with van der Waals surface area (Å²) in [7, 11) is 0. The first kappa shape index (κ1) is 14.0. The van der Waals surface area contributed by atoms with Crippen LogP contribution in [0.2, 0.25) is 0 Å². The maximum atomic E-state index is 12.1. The van der Waals surface area contributed by atoms with Crippen LogP contribution in [-0.4, -0.2) is 60.2 Å². The minimum Gasteiger partial charge on any atom is -0.351 e. The van der Waals surface area contributed by atoms with E-state index in [2.05, 4.69) is 25.7 Å². The Labute approximate surface area is 122 Å². The Morgan fingerprint density at radius 1 is 1.48 bits per heavy atom. The fourth-order valence-corrected chi connectivity index (χ4v) is 2.43. The van der Waals surface area contributed by atoms with Crippen molar-refractivity contribution >= 4 is 17.0 Å². The third-order valence-electron chi connectivity index (χ3n) is 3.70. The van der Waals surface area contributed by atoms with Crippen LogP contribution in [0, 0.1) is 6.92 Å². The molecule has 1 saturated heterocycles. The molecule has 0 aliphatic carbocycles. The molecule has 0 bridgehead atoms. The van der Waals surface area contributed by atoms with Crippen LogP contribution in [0.5, 0.6) is 0 Å². The predicted octanol–water partition coefficient (Wildman–Crippen LogP) is 0.166. The molecule has 2 aromatic heterocycles. The highest BCUT2D eigenvalue weighted by Crippen LogP contribution is 2.16. The third kappa shape index (κ3) is 3.20. The number of piperazine rings is 1. The normalized spacial score (nSPS) is 16.2. The largest absolute Gasteiger partial charge is 0.351 e. The summed E-state index contributed by atoms with van der Waals surface area (Å²) in [6.45, 7) is 7.43. The second kappa shape index (κ2) is 6.19. The highest BCUT2D eigenvalue weighted by Gasteiger charge is 2.12. The van der Waals surface area contributed by atoms with Crippen molar-refractivity contribution in [2.45, 2.75) is 6.92 Å². The molecule has 3 rings (SSSR count). The van der Waals surface area contributed by atoms with Gasteiger partial charge in [-0.15, -0.1) is 0 Å². The summed E-state index contributed by atoms with van der Waals surface area (Å²) in [4.78, 5) is 18.6. The molecule has 1 aliphatic rings. The van der Waals surface area contributed by atoms with Gasteiger partial charge in [-0.25, -0.2) is 4.98 Å². The molecule has 21 heavy (non-hydrogen) atoms. The minimum absolute atomic E-state index is 0.111. The first-order valence-electron chi connectivity index (χ1n) is 7.17. The molecule has 0 atom stereocenters. The fraction of sp³-hybridized carbons (Fsp3) is 0.500. The zero-order valence-corrected chi connectivity index (χ0v) is 12.1. The van der Waals surface area contributed by atoms with Crippen LogP contribution in [0.1, 0.15) is 16.1 Å². The molecule has 0 aromatic carbocycles. The molecule has 0 unspecified atom stereocenters. The highest BCUT2D eigenvalue weighted by atomic mass is 16.5. The van der Waals surface area contributed by atoms with Crippen LogP contribution in [0.15, 0.2) is 16.8 Å². The van der Waals surface area contributed by atoms with Crippen molar-refractivity contribution in [1.29, 1.82) is 0 Å². The second-order valence-electron chi connectivity index (χ2n) is 5.19. The number of rotatable bonds is 4. The number of hydrogen-bond donors (Lipinski definition) is 2. The van der Waals surface area contributed by atoms with Gasteiger partial charge in [0.05, 0.1) is 16.6 Å². The molecule has 1 aliphatic heterocycles. The van der Waals surface area contributed by atoms with Gasteiger partial charge in [0.25, 0.3) is 11.6 Å². The number of aromatic nitrogens is 2. The van der Waals surface area contributed by atoms with Crippen LogP contribution in [0.3, 0.4) is 0 Å². The Kier molecular flexibility index (Phi) is 4.12. The van der Waals surface area contributed by atoms with Gasteiger partial charge in [-0.05, 0) is 13.0 Å². The first-order chi connectivity index (χ1) is 10.2. The SMILES string of the molecule is Cc1noc2ncc(C(=O)NCCN3CCNCC3)cc12. The van der Waals surface area contributed by atoms with Crippen LogP contribution in [0.25, 0.3) is 11.1 Å². The number of hydrogen-bond acceptors (Lipinski definition) is 6. The van der Waals surface area contributed by atoms with Crippen molar-refractivity contribution < 1.29 is 9.32 Å². The molecule has 0 radical (unpaired) electrons. The molecule has 0 saturated carbocycles. The Bertz CT molecular complexity index is 633. The van der Waals surface area contributed by atoms with Crippen LogP contribution < -0.4 is 10.6 Å². The topological polar surface area (TPSA) is 83.3 Å². The number of nitrogens with zero attached hydrogens (tertiary/aromatic N) is 3. The number of carbonyl (C=O) groups excluding carboxylic acids is 1. The molecular formula is C14H19N5O2. The van der Waals surface area contributed by atoms with Gasteiger partial charge in [-0.2, -0.15) is 0 Å². The van der Waals surface area contributed by atoms with Gasteiger partial charge >= 0.3 is 0 Å². The van der Waals surface area contributed by atoms with E-state index in [1.54, 1.807) is 6.07 Å². The van der Waals surface area contributed by atoms with Gasteiger partial charge in [0.15, 0.2) is 0 Å². The van der Waals surface area contributed by atoms with E-state index in [4.69, 9.17) is 4.52 Å². The van der Waals surface area contributed by atoms with Gasteiger partial charge in [0, 0.05) is 45.5 Å². The van der Waals surface area contributed by atoms with Crippen LogP contribution in [-0.2, 0) is 0 Å². The lowest BCUT2D eigenvalue weighted by molar-refractivity contribution is 0.0947. The summed E-state index contributed by atoms with van der Waals surface area (Å²) < 4.78 is 5.04. The smallest absolute Gasteiger partial charge is 0.257 e. The molecule has 3 heterocycles. The summed E-state index contributed by atoms with van der Waals surface area (Å²) in [5.41, 5.74) is 1.74. The Balaban J connectivity index is 1.57. The predicted molar refractivity (Wildman–Crippen MR) is 78.2 cm³/mol. The lowest BCUT2D eigenvalue weighted by Crippen LogP contribution is -2.46. The standard InChI is InChI=1S/C14H19N5O2/c1-10-12-8-11(9-17-14(12)21-18-10)13(20)16-4-7-19-5-2-15-3-6-19/h8-9,15H,2-7H2,1H3,(H,16,20). The Hall–Kier alpha value is -1.99. The second-order valence-corrected chi connectivity index (χ2v) is 5.19. The summed E-state index contributed by atoms with van der Waals surface area (Å²) in [6, 6.07) is 1.77. The summed E-state index contributed by atoms with van der Waals surface area (Å²) in [5, 5.41) is 10.9. The van der Waals surface area contributed by atoms with Crippen molar-refractivity contribution in [3.8, 4) is 0 Å². The summed E-state index contributed by atoms with van der Waals surface area (Å²) >= 11 is 0. The maximum Gasteiger partial charge on any atom is 0.257 e.